The molecule has 0 spiro atoms. The van der Waals surface area contributed by atoms with Crippen molar-refractivity contribution in [2.75, 3.05) is 14.1 Å². The molecule has 106 valence electrons. The van der Waals surface area contributed by atoms with Gasteiger partial charge in [0, 0.05) is 12.1 Å². The van der Waals surface area contributed by atoms with Crippen LogP contribution >= 0.6 is 0 Å². The molecule has 0 fully saturated rings. The number of benzene rings is 1. The third-order valence-electron chi connectivity index (χ3n) is 4.28. The van der Waals surface area contributed by atoms with E-state index in [1.807, 2.05) is 0 Å². The summed E-state index contributed by atoms with van der Waals surface area (Å²) in [5, 5.41) is 0. The normalized spacial score (nSPS) is 18.2. The second-order valence-corrected chi connectivity index (χ2v) is 6.27. The molecule has 0 aliphatic heterocycles. The van der Waals surface area contributed by atoms with Crippen LogP contribution in [0.1, 0.15) is 55.3 Å². The van der Waals surface area contributed by atoms with Crippen molar-refractivity contribution >= 4 is 0 Å². The zero-order valence-electron chi connectivity index (χ0n) is 12.7. The van der Waals surface area contributed by atoms with Gasteiger partial charge in [-0.3, -0.25) is 0 Å². The molecular formula is C17H28N2. The van der Waals surface area contributed by atoms with Gasteiger partial charge in [-0.25, -0.2) is 0 Å². The first-order valence-corrected chi connectivity index (χ1v) is 7.61. The van der Waals surface area contributed by atoms with Crippen LogP contribution in [0.4, 0.5) is 0 Å². The molecule has 0 saturated heterocycles. The average molecular weight is 260 g/mol. The van der Waals surface area contributed by atoms with Crippen LogP contribution in [0.25, 0.3) is 0 Å². The Labute approximate surface area is 118 Å². The predicted molar refractivity (Wildman–Crippen MR) is 82.4 cm³/mol. The van der Waals surface area contributed by atoms with Crippen molar-refractivity contribution in [3.05, 3.63) is 34.9 Å². The number of nitrogens with zero attached hydrogens (tertiary/aromatic N) is 1. The van der Waals surface area contributed by atoms with E-state index in [2.05, 4.69) is 44.1 Å². The Morgan fingerprint density at radius 2 is 1.79 bits per heavy atom. The largest absolute Gasteiger partial charge is 0.328 e. The molecule has 2 atom stereocenters. The molecule has 0 amide bonds. The van der Waals surface area contributed by atoms with Gasteiger partial charge in [-0.1, -0.05) is 18.2 Å². The molecule has 19 heavy (non-hydrogen) atoms. The first kappa shape index (κ1) is 14.5. The Morgan fingerprint density at radius 1 is 1.11 bits per heavy atom. The highest BCUT2D eigenvalue weighted by molar-refractivity contribution is 5.35. The van der Waals surface area contributed by atoms with Crippen molar-refractivity contribution in [2.24, 2.45) is 5.73 Å². The fourth-order valence-corrected chi connectivity index (χ4v) is 3.10. The Hall–Kier alpha value is -0.860. The molecule has 0 radical (unpaired) electrons. The molecule has 1 aromatic rings. The lowest BCUT2D eigenvalue weighted by atomic mass is 9.88. The predicted octanol–water partition coefficient (Wildman–Crippen LogP) is 3.30. The summed E-state index contributed by atoms with van der Waals surface area (Å²) in [5.41, 5.74) is 10.5. The molecule has 0 bridgehead atoms. The number of hydrogen-bond acceptors (Lipinski definition) is 2. The van der Waals surface area contributed by atoms with E-state index in [0.717, 1.165) is 12.8 Å². The molecule has 2 nitrogen and oxygen atoms in total. The van der Waals surface area contributed by atoms with Crippen LogP contribution in [0, 0.1) is 0 Å². The Balaban J connectivity index is 2.16. The summed E-state index contributed by atoms with van der Waals surface area (Å²) < 4.78 is 0. The lowest BCUT2D eigenvalue weighted by molar-refractivity contribution is 0.274. The van der Waals surface area contributed by atoms with Crippen LogP contribution in [0.5, 0.6) is 0 Å². The minimum atomic E-state index is 0.292. The van der Waals surface area contributed by atoms with Crippen LogP contribution in [0.3, 0.4) is 0 Å². The van der Waals surface area contributed by atoms with Gasteiger partial charge in [0.1, 0.15) is 0 Å². The SMILES string of the molecule is CC(N)CCC(c1ccc2c(c1)CCCC2)N(C)C. The van der Waals surface area contributed by atoms with Crippen LogP contribution in [-0.4, -0.2) is 25.0 Å². The van der Waals surface area contributed by atoms with Gasteiger partial charge in [0.25, 0.3) is 0 Å². The van der Waals surface area contributed by atoms with Crippen molar-refractivity contribution in [2.45, 2.75) is 57.5 Å². The first-order valence-electron chi connectivity index (χ1n) is 7.61. The summed E-state index contributed by atoms with van der Waals surface area (Å²) in [7, 11) is 4.34. The Morgan fingerprint density at radius 3 is 2.42 bits per heavy atom. The van der Waals surface area contributed by atoms with E-state index in [-0.39, 0.29) is 0 Å². The summed E-state index contributed by atoms with van der Waals surface area (Å²) in [6, 6.07) is 7.92. The van der Waals surface area contributed by atoms with Crippen molar-refractivity contribution < 1.29 is 0 Å². The van der Waals surface area contributed by atoms with Gasteiger partial charge in [-0.05, 0) is 76.2 Å². The summed E-state index contributed by atoms with van der Waals surface area (Å²) in [4.78, 5) is 2.33. The summed E-state index contributed by atoms with van der Waals surface area (Å²) in [5.74, 6) is 0. The van der Waals surface area contributed by atoms with Crippen LogP contribution in [-0.2, 0) is 12.8 Å². The summed E-state index contributed by atoms with van der Waals surface area (Å²) >= 11 is 0. The van der Waals surface area contributed by atoms with E-state index < -0.39 is 0 Å². The maximum Gasteiger partial charge on any atom is 0.0342 e. The number of fused-ring (bicyclic) bond motifs is 1. The van der Waals surface area contributed by atoms with Gasteiger partial charge in [-0.2, -0.15) is 0 Å². The van der Waals surface area contributed by atoms with Crippen LogP contribution in [0.15, 0.2) is 18.2 Å². The van der Waals surface area contributed by atoms with E-state index in [9.17, 15) is 0 Å². The topological polar surface area (TPSA) is 29.3 Å². The van der Waals surface area contributed by atoms with Crippen LogP contribution < -0.4 is 5.73 Å². The Kier molecular flexibility index (Phi) is 5.00. The van der Waals surface area contributed by atoms with E-state index in [0.29, 0.717) is 12.1 Å². The molecule has 2 heteroatoms. The molecule has 1 aliphatic rings. The third-order valence-corrected chi connectivity index (χ3v) is 4.28. The van der Waals surface area contributed by atoms with E-state index in [1.54, 1.807) is 11.1 Å². The number of hydrogen-bond donors (Lipinski definition) is 1. The lowest BCUT2D eigenvalue weighted by Gasteiger charge is -2.27. The minimum Gasteiger partial charge on any atom is -0.328 e. The highest BCUT2D eigenvalue weighted by Gasteiger charge is 2.17. The monoisotopic (exact) mass is 260 g/mol. The van der Waals surface area contributed by atoms with Crippen molar-refractivity contribution in [1.82, 2.24) is 4.90 Å². The number of rotatable bonds is 5. The molecule has 0 saturated carbocycles. The third kappa shape index (κ3) is 3.80. The molecule has 1 aliphatic carbocycles. The van der Waals surface area contributed by atoms with Gasteiger partial charge in [0.15, 0.2) is 0 Å². The van der Waals surface area contributed by atoms with E-state index in [4.69, 9.17) is 5.73 Å². The van der Waals surface area contributed by atoms with E-state index in [1.165, 1.54) is 31.2 Å². The molecule has 0 heterocycles. The van der Waals surface area contributed by atoms with Gasteiger partial charge in [0.05, 0.1) is 0 Å². The quantitative estimate of drug-likeness (QED) is 0.880. The smallest absolute Gasteiger partial charge is 0.0342 e. The molecule has 1 aromatic carbocycles. The zero-order chi connectivity index (χ0) is 13.8. The maximum atomic E-state index is 5.91. The van der Waals surface area contributed by atoms with E-state index >= 15 is 0 Å². The second kappa shape index (κ2) is 6.53. The standard InChI is InChI=1S/C17H28N2/c1-13(18)8-11-17(19(2)3)16-10-9-14-6-4-5-7-15(14)12-16/h9-10,12-13,17H,4-8,11,18H2,1-3H3. The second-order valence-electron chi connectivity index (χ2n) is 6.27. The molecular weight excluding hydrogens is 232 g/mol. The summed E-state index contributed by atoms with van der Waals surface area (Å²) in [6.45, 7) is 2.10. The fraction of sp³-hybridized carbons (Fsp3) is 0.647. The van der Waals surface area contributed by atoms with Crippen molar-refractivity contribution in [1.29, 1.82) is 0 Å². The van der Waals surface area contributed by atoms with Gasteiger partial charge in [-0.15, -0.1) is 0 Å². The highest BCUT2D eigenvalue weighted by Crippen LogP contribution is 2.29. The molecule has 0 aromatic heterocycles. The van der Waals surface area contributed by atoms with Crippen molar-refractivity contribution in [3.63, 3.8) is 0 Å². The minimum absolute atomic E-state index is 0.292. The molecule has 2 unspecified atom stereocenters. The molecule has 2 N–H and O–H groups in total. The maximum absolute atomic E-state index is 5.91. The van der Waals surface area contributed by atoms with Gasteiger partial charge in [0.2, 0.25) is 0 Å². The number of aryl methyl sites for hydroxylation is 2. The number of nitrogens with two attached hydrogens (primary N) is 1. The fourth-order valence-electron chi connectivity index (χ4n) is 3.10. The first-order chi connectivity index (χ1) is 9.08. The highest BCUT2D eigenvalue weighted by atomic mass is 15.1. The van der Waals surface area contributed by atoms with Crippen LogP contribution in [0.2, 0.25) is 0 Å². The summed E-state index contributed by atoms with van der Waals surface area (Å²) in [6.07, 6.45) is 7.46. The average Bonchev–Trinajstić information content (AvgIpc) is 2.38. The molecule has 2 rings (SSSR count). The van der Waals surface area contributed by atoms with Gasteiger partial charge < -0.3 is 10.6 Å². The van der Waals surface area contributed by atoms with Crippen molar-refractivity contribution in [3.8, 4) is 0 Å². The zero-order valence-corrected chi connectivity index (χ0v) is 12.7. The lowest BCUT2D eigenvalue weighted by Crippen LogP contribution is -2.23. The Bertz CT molecular complexity index is 410. The van der Waals surface area contributed by atoms with Gasteiger partial charge >= 0.3 is 0 Å².